The summed E-state index contributed by atoms with van der Waals surface area (Å²) < 4.78 is 4.44. The van der Waals surface area contributed by atoms with Gasteiger partial charge >= 0.3 is 12.0 Å². The number of carbonyl (C=O) groups is 1. The molecule has 0 saturated carbocycles. The van der Waals surface area contributed by atoms with Gasteiger partial charge in [0.1, 0.15) is 0 Å². The molecule has 0 amide bonds. The van der Waals surface area contributed by atoms with Crippen molar-refractivity contribution in [3.8, 4) is 6.07 Å². The van der Waals surface area contributed by atoms with Crippen LogP contribution in [0, 0.1) is 21.4 Å². The summed E-state index contributed by atoms with van der Waals surface area (Å²) in [6.07, 6.45) is 1.33. The lowest BCUT2D eigenvalue weighted by atomic mass is 9.91. The van der Waals surface area contributed by atoms with Gasteiger partial charge in [0.25, 0.3) is 0 Å². The zero-order valence-corrected chi connectivity index (χ0v) is 10.3. The predicted molar refractivity (Wildman–Crippen MR) is 66.9 cm³/mol. The number of rotatable bonds is 5. The molecule has 1 rings (SSSR count). The van der Waals surface area contributed by atoms with E-state index in [4.69, 9.17) is 5.26 Å². The topological polar surface area (TPSA) is 93.2 Å². The molecule has 6 nitrogen and oxygen atoms in total. The van der Waals surface area contributed by atoms with Gasteiger partial charge in [0.2, 0.25) is 0 Å². The van der Waals surface area contributed by atoms with Crippen LogP contribution in [-0.4, -0.2) is 24.0 Å². The first kappa shape index (κ1) is 14.4. The Kier molecular flexibility index (Phi) is 4.77. The van der Waals surface area contributed by atoms with Crippen LogP contribution in [0.15, 0.2) is 36.9 Å². The van der Waals surface area contributed by atoms with Crippen molar-refractivity contribution >= 4 is 5.97 Å². The molecule has 0 fully saturated rings. The summed E-state index contributed by atoms with van der Waals surface area (Å²) >= 11 is 0. The Morgan fingerprint density at radius 3 is 2.47 bits per heavy atom. The van der Waals surface area contributed by atoms with Crippen LogP contribution in [0.2, 0.25) is 0 Å². The maximum Gasteiger partial charge on any atom is 0.382 e. The summed E-state index contributed by atoms with van der Waals surface area (Å²) in [5.41, 5.74) is 0.961. The van der Waals surface area contributed by atoms with Crippen molar-refractivity contribution in [3.63, 3.8) is 0 Å². The van der Waals surface area contributed by atoms with Gasteiger partial charge in [-0.1, -0.05) is 18.2 Å². The lowest BCUT2D eigenvalue weighted by Gasteiger charge is -2.16. The van der Waals surface area contributed by atoms with Crippen molar-refractivity contribution in [2.45, 2.75) is 12.0 Å². The summed E-state index contributed by atoms with van der Waals surface area (Å²) in [7, 11) is 1.10. The van der Waals surface area contributed by atoms with E-state index in [1.807, 2.05) is 6.07 Å². The van der Waals surface area contributed by atoms with Gasteiger partial charge in [-0.2, -0.15) is 5.26 Å². The highest BCUT2D eigenvalue weighted by atomic mass is 16.6. The molecule has 0 aliphatic carbocycles. The fourth-order valence-electron chi connectivity index (χ4n) is 1.71. The van der Waals surface area contributed by atoms with Crippen molar-refractivity contribution in [3.05, 3.63) is 58.2 Å². The highest BCUT2D eigenvalue weighted by Gasteiger charge is 2.39. The second kappa shape index (κ2) is 6.31. The highest BCUT2D eigenvalue weighted by molar-refractivity contribution is 5.76. The number of nitriles is 1. The predicted octanol–water partition coefficient (Wildman–Crippen LogP) is 1.65. The Balaban J connectivity index is 3.16. The first-order chi connectivity index (χ1) is 9.04. The molecule has 6 heteroatoms. The van der Waals surface area contributed by atoms with E-state index in [9.17, 15) is 14.9 Å². The molecule has 0 bridgehead atoms. The van der Waals surface area contributed by atoms with Crippen LogP contribution in [0.4, 0.5) is 0 Å². The maximum absolute atomic E-state index is 11.5. The van der Waals surface area contributed by atoms with Crippen LogP contribution in [0.3, 0.4) is 0 Å². The number of hydrogen-bond acceptors (Lipinski definition) is 5. The number of ether oxygens (including phenoxy) is 1. The molecular weight excluding hydrogens is 248 g/mol. The van der Waals surface area contributed by atoms with Gasteiger partial charge in [-0.15, -0.1) is 6.58 Å². The third-order valence-electron chi connectivity index (χ3n) is 2.69. The number of nitrogens with zero attached hydrogens (tertiary/aromatic N) is 2. The fraction of sp³-hybridized carbons (Fsp3) is 0.231. The minimum atomic E-state index is -1.55. The van der Waals surface area contributed by atoms with E-state index in [0.717, 1.165) is 7.11 Å². The molecule has 2 atom stereocenters. The molecule has 2 unspecified atom stereocenters. The van der Waals surface area contributed by atoms with E-state index < -0.39 is 22.9 Å². The van der Waals surface area contributed by atoms with Gasteiger partial charge in [-0.25, -0.2) is 4.79 Å². The third kappa shape index (κ3) is 3.16. The zero-order chi connectivity index (χ0) is 14.4. The van der Waals surface area contributed by atoms with Crippen LogP contribution >= 0.6 is 0 Å². The molecule has 0 spiro atoms. The van der Waals surface area contributed by atoms with Gasteiger partial charge in [-0.05, 0) is 17.7 Å². The second-order valence-electron chi connectivity index (χ2n) is 3.75. The Morgan fingerprint density at radius 2 is 2.11 bits per heavy atom. The minimum Gasteiger partial charge on any atom is -0.464 e. The van der Waals surface area contributed by atoms with E-state index in [1.54, 1.807) is 12.1 Å². The number of hydrogen-bond donors (Lipinski definition) is 0. The quantitative estimate of drug-likeness (QED) is 0.347. The number of esters is 1. The summed E-state index contributed by atoms with van der Waals surface area (Å²) in [6.45, 7) is 3.52. The molecule has 0 radical (unpaired) electrons. The summed E-state index contributed by atoms with van der Waals surface area (Å²) in [6, 6.07) is 6.58. The van der Waals surface area contributed by atoms with Crippen molar-refractivity contribution in [1.29, 1.82) is 5.26 Å². The fourth-order valence-corrected chi connectivity index (χ4v) is 1.71. The molecule has 19 heavy (non-hydrogen) atoms. The van der Waals surface area contributed by atoms with Crippen molar-refractivity contribution < 1.29 is 14.5 Å². The first-order valence-corrected chi connectivity index (χ1v) is 5.39. The standard InChI is InChI=1S/C13H12N2O4/c1-3-11(12(15(17)18)13(16)19-2)10-6-4-9(8-14)5-7-10/h3-7,11-12H,1H2,2H3. The van der Waals surface area contributed by atoms with Crippen LogP contribution in [0.25, 0.3) is 0 Å². The number of benzene rings is 1. The molecule has 0 heterocycles. The van der Waals surface area contributed by atoms with Crippen molar-refractivity contribution in [2.75, 3.05) is 7.11 Å². The highest BCUT2D eigenvalue weighted by Crippen LogP contribution is 2.24. The molecule has 1 aromatic carbocycles. The van der Waals surface area contributed by atoms with E-state index in [1.165, 1.54) is 18.2 Å². The maximum atomic E-state index is 11.5. The second-order valence-corrected chi connectivity index (χ2v) is 3.75. The van der Waals surface area contributed by atoms with Gasteiger partial charge in [0.15, 0.2) is 0 Å². The smallest absolute Gasteiger partial charge is 0.382 e. The largest absolute Gasteiger partial charge is 0.464 e. The molecule has 0 aliphatic rings. The lowest BCUT2D eigenvalue weighted by molar-refractivity contribution is -0.512. The van der Waals surface area contributed by atoms with Gasteiger partial charge in [-0.3, -0.25) is 10.1 Å². The zero-order valence-electron chi connectivity index (χ0n) is 10.3. The molecule has 0 aliphatic heterocycles. The number of methoxy groups -OCH3 is 1. The summed E-state index contributed by atoms with van der Waals surface area (Å²) in [5, 5.41) is 19.7. The molecule has 0 saturated heterocycles. The van der Waals surface area contributed by atoms with Crippen LogP contribution in [0.1, 0.15) is 17.0 Å². The molecule has 0 N–H and O–H groups in total. The van der Waals surface area contributed by atoms with Crippen molar-refractivity contribution in [2.24, 2.45) is 0 Å². The van der Waals surface area contributed by atoms with E-state index >= 15 is 0 Å². The minimum absolute atomic E-state index is 0.433. The first-order valence-electron chi connectivity index (χ1n) is 5.39. The van der Waals surface area contributed by atoms with Gasteiger partial charge < -0.3 is 4.74 Å². The SMILES string of the molecule is C=CC(c1ccc(C#N)cc1)C(C(=O)OC)[N+](=O)[O-]. The van der Waals surface area contributed by atoms with E-state index in [2.05, 4.69) is 11.3 Å². The Labute approximate surface area is 110 Å². The average molecular weight is 260 g/mol. The number of nitro groups is 1. The van der Waals surface area contributed by atoms with Crippen LogP contribution < -0.4 is 0 Å². The lowest BCUT2D eigenvalue weighted by Crippen LogP contribution is -2.35. The monoisotopic (exact) mass is 260 g/mol. The van der Waals surface area contributed by atoms with E-state index in [-0.39, 0.29) is 0 Å². The molecular formula is C13H12N2O4. The normalized spacial score (nSPS) is 12.8. The van der Waals surface area contributed by atoms with Gasteiger partial charge in [0.05, 0.1) is 24.7 Å². The molecule has 0 aromatic heterocycles. The Hall–Kier alpha value is -2.68. The van der Waals surface area contributed by atoms with Crippen LogP contribution in [0.5, 0.6) is 0 Å². The van der Waals surface area contributed by atoms with Crippen molar-refractivity contribution in [1.82, 2.24) is 0 Å². The number of carbonyl (C=O) groups excluding carboxylic acids is 1. The molecule has 98 valence electrons. The van der Waals surface area contributed by atoms with Gasteiger partial charge in [0, 0.05) is 4.92 Å². The summed E-state index contributed by atoms with van der Waals surface area (Å²) in [4.78, 5) is 21.8. The Bertz CT molecular complexity index is 531. The third-order valence-corrected chi connectivity index (χ3v) is 2.69. The van der Waals surface area contributed by atoms with E-state index in [0.29, 0.717) is 11.1 Å². The Morgan fingerprint density at radius 1 is 1.53 bits per heavy atom. The average Bonchev–Trinajstić information content (AvgIpc) is 2.43. The van der Waals surface area contributed by atoms with Crippen LogP contribution in [-0.2, 0) is 9.53 Å². The molecule has 1 aromatic rings. The summed E-state index contributed by atoms with van der Waals surface area (Å²) in [5.74, 6) is -1.74.